The number of non-ortho nitro benzene ring substituents is 1. The third kappa shape index (κ3) is 5.82. The third-order valence-electron chi connectivity index (χ3n) is 3.39. The highest BCUT2D eigenvalue weighted by molar-refractivity contribution is 6.68. The van der Waals surface area contributed by atoms with Gasteiger partial charge in [-0.2, -0.15) is 0 Å². The van der Waals surface area contributed by atoms with Crippen LogP contribution in [0.3, 0.4) is 0 Å². The number of nitro benzene ring substituents is 1. The quantitative estimate of drug-likeness (QED) is 0.242. The summed E-state index contributed by atoms with van der Waals surface area (Å²) in [6.07, 6.45) is -1.39. The van der Waals surface area contributed by atoms with Crippen LogP contribution in [-0.4, -0.2) is 26.6 Å². The van der Waals surface area contributed by atoms with Crippen LogP contribution in [0.1, 0.15) is 27.6 Å². The zero-order chi connectivity index (χ0) is 20.2. The second kappa shape index (κ2) is 8.56. The molecule has 0 heterocycles. The lowest BCUT2D eigenvalue weighted by atomic mass is 10.1. The van der Waals surface area contributed by atoms with Gasteiger partial charge in [-0.1, -0.05) is 40.9 Å². The Balaban J connectivity index is 2.19. The van der Waals surface area contributed by atoms with E-state index in [9.17, 15) is 19.7 Å². The highest BCUT2D eigenvalue weighted by atomic mass is 35.6. The fourth-order valence-electron chi connectivity index (χ4n) is 2.05. The molecule has 2 aromatic rings. The molecular weight excluding hydrogens is 419 g/mol. The van der Waals surface area contributed by atoms with Crippen LogP contribution in [0.5, 0.6) is 5.75 Å². The van der Waals surface area contributed by atoms with E-state index in [1.807, 2.05) is 0 Å². The van der Waals surface area contributed by atoms with Crippen molar-refractivity contribution in [2.24, 2.45) is 0 Å². The Bertz CT molecular complexity index is 866. The van der Waals surface area contributed by atoms with Crippen LogP contribution in [0.15, 0.2) is 48.5 Å². The molecule has 1 amide bonds. The van der Waals surface area contributed by atoms with Crippen molar-refractivity contribution >= 4 is 52.2 Å². The van der Waals surface area contributed by atoms with Crippen LogP contribution >= 0.6 is 34.8 Å². The number of rotatable bonds is 6. The van der Waals surface area contributed by atoms with Gasteiger partial charge in [0, 0.05) is 23.3 Å². The summed E-state index contributed by atoms with van der Waals surface area (Å²) in [5.41, 5.74) is 0.209. The van der Waals surface area contributed by atoms with Crippen LogP contribution in [0.4, 0.5) is 5.69 Å². The molecule has 0 aliphatic rings. The largest absolute Gasteiger partial charge is 0.466 e. The van der Waals surface area contributed by atoms with Gasteiger partial charge in [0.2, 0.25) is 10.0 Å². The zero-order valence-electron chi connectivity index (χ0n) is 13.8. The van der Waals surface area contributed by atoms with Crippen molar-refractivity contribution in [3.05, 3.63) is 69.8 Å². The maximum atomic E-state index is 12.4. The van der Waals surface area contributed by atoms with Crippen molar-refractivity contribution in [2.45, 2.75) is 16.9 Å². The molecule has 27 heavy (non-hydrogen) atoms. The van der Waals surface area contributed by atoms with Crippen LogP contribution in [0.25, 0.3) is 0 Å². The predicted molar refractivity (Wildman–Crippen MR) is 102 cm³/mol. The molecule has 0 aromatic heterocycles. The lowest BCUT2D eigenvalue weighted by molar-refractivity contribution is -0.384. The summed E-state index contributed by atoms with van der Waals surface area (Å²) in [5.74, 6) is -0.607. The SMILES string of the molecule is CC(=O)c1ccc(OC(NC(=O)c2cccc([N+](=O)[O-])c2)C(Cl)(Cl)Cl)cc1. The van der Waals surface area contributed by atoms with Gasteiger partial charge in [-0.3, -0.25) is 19.7 Å². The summed E-state index contributed by atoms with van der Waals surface area (Å²) < 4.78 is 3.48. The van der Waals surface area contributed by atoms with Crippen LogP contribution < -0.4 is 10.1 Å². The van der Waals surface area contributed by atoms with Gasteiger partial charge >= 0.3 is 0 Å². The topological polar surface area (TPSA) is 98.5 Å². The Labute approximate surface area is 169 Å². The highest BCUT2D eigenvalue weighted by Crippen LogP contribution is 2.32. The number of hydrogen-bond acceptors (Lipinski definition) is 5. The predicted octanol–water partition coefficient (Wildman–Crippen LogP) is 4.30. The number of benzene rings is 2. The first kappa shape index (κ1) is 21.0. The van der Waals surface area contributed by atoms with Gasteiger partial charge in [0.1, 0.15) is 5.75 Å². The molecule has 0 saturated heterocycles. The lowest BCUT2D eigenvalue weighted by Crippen LogP contribution is -2.47. The van der Waals surface area contributed by atoms with Crippen molar-refractivity contribution in [1.29, 1.82) is 0 Å². The number of alkyl halides is 3. The fraction of sp³-hybridized carbons (Fsp3) is 0.176. The summed E-state index contributed by atoms with van der Waals surface area (Å²) in [5, 5.41) is 13.2. The van der Waals surface area contributed by atoms with Gasteiger partial charge in [-0.15, -0.1) is 0 Å². The number of amides is 1. The van der Waals surface area contributed by atoms with Crippen molar-refractivity contribution in [3.8, 4) is 5.75 Å². The maximum Gasteiger partial charge on any atom is 0.270 e. The first-order chi connectivity index (χ1) is 12.6. The molecule has 0 aliphatic heterocycles. The van der Waals surface area contributed by atoms with E-state index >= 15 is 0 Å². The summed E-state index contributed by atoms with van der Waals surface area (Å²) in [6, 6.07) is 11.1. The molecule has 0 bridgehead atoms. The van der Waals surface area contributed by atoms with E-state index in [1.165, 1.54) is 49.4 Å². The molecule has 0 saturated carbocycles. The fourth-order valence-corrected chi connectivity index (χ4v) is 2.34. The number of Topliss-reactive ketones (excluding diaryl/α,β-unsaturated/α-hetero) is 1. The standard InChI is InChI=1S/C17H13Cl3N2O5/c1-10(23)11-5-7-14(8-6-11)27-16(17(18,19)20)21-15(24)12-3-2-4-13(9-12)22(25)26/h2-9,16H,1H3,(H,21,24). The molecule has 10 heteroatoms. The Morgan fingerprint density at radius 2 is 1.74 bits per heavy atom. The first-order valence-corrected chi connectivity index (χ1v) is 8.61. The normalized spacial score (nSPS) is 12.1. The average Bonchev–Trinajstić information content (AvgIpc) is 2.60. The number of carbonyl (C=O) groups excluding carboxylic acids is 2. The summed E-state index contributed by atoms with van der Waals surface area (Å²) >= 11 is 17.6. The van der Waals surface area contributed by atoms with Gasteiger partial charge in [0.05, 0.1) is 4.92 Å². The van der Waals surface area contributed by atoms with Crippen LogP contribution in [0.2, 0.25) is 0 Å². The molecular formula is C17H13Cl3N2O5. The summed E-state index contributed by atoms with van der Waals surface area (Å²) in [4.78, 5) is 33.9. The summed E-state index contributed by atoms with van der Waals surface area (Å²) in [7, 11) is 0. The average molecular weight is 432 g/mol. The van der Waals surface area contributed by atoms with E-state index in [1.54, 1.807) is 0 Å². The minimum absolute atomic E-state index is 0.000947. The Morgan fingerprint density at radius 3 is 2.26 bits per heavy atom. The van der Waals surface area contributed by atoms with Gasteiger partial charge in [-0.25, -0.2) is 0 Å². The van der Waals surface area contributed by atoms with E-state index in [0.717, 1.165) is 6.07 Å². The van der Waals surface area contributed by atoms with E-state index in [2.05, 4.69) is 5.32 Å². The highest BCUT2D eigenvalue weighted by Gasteiger charge is 2.36. The molecule has 0 spiro atoms. The Hall–Kier alpha value is -2.35. The zero-order valence-corrected chi connectivity index (χ0v) is 16.1. The maximum absolute atomic E-state index is 12.4. The van der Waals surface area contributed by atoms with Crippen molar-refractivity contribution in [1.82, 2.24) is 5.32 Å². The number of ketones is 1. The minimum atomic E-state index is -2.03. The number of ether oxygens (including phenoxy) is 1. The van der Waals surface area contributed by atoms with Gasteiger partial charge in [-0.05, 0) is 37.3 Å². The van der Waals surface area contributed by atoms with Crippen molar-refractivity contribution < 1.29 is 19.2 Å². The number of halogens is 3. The molecule has 0 aliphatic carbocycles. The smallest absolute Gasteiger partial charge is 0.270 e. The van der Waals surface area contributed by atoms with Crippen molar-refractivity contribution in [3.63, 3.8) is 0 Å². The third-order valence-corrected chi connectivity index (χ3v) is 3.99. The number of nitrogens with one attached hydrogen (secondary N) is 1. The number of hydrogen-bond donors (Lipinski definition) is 1. The van der Waals surface area contributed by atoms with E-state index in [-0.39, 0.29) is 22.8 Å². The monoisotopic (exact) mass is 430 g/mol. The lowest BCUT2D eigenvalue weighted by Gasteiger charge is -2.26. The molecule has 7 nitrogen and oxygen atoms in total. The number of nitrogens with zero attached hydrogens (tertiary/aromatic N) is 1. The van der Waals surface area contributed by atoms with Gasteiger partial charge < -0.3 is 10.1 Å². The molecule has 0 radical (unpaired) electrons. The first-order valence-electron chi connectivity index (χ1n) is 7.47. The second-order valence-corrected chi connectivity index (χ2v) is 7.77. The minimum Gasteiger partial charge on any atom is -0.466 e. The van der Waals surface area contributed by atoms with E-state index in [0.29, 0.717) is 5.56 Å². The van der Waals surface area contributed by atoms with E-state index in [4.69, 9.17) is 39.5 Å². The molecule has 1 atom stereocenters. The van der Waals surface area contributed by atoms with Gasteiger partial charge in [0.15, 0.2) is 5.78 Å². The summed E-state index contributed by atoms with van der Waals surface area (Å²) in [6.45, 7) is 1.42. The molecule has 1 N–H and O–H groups in total. The number of carbonyl (C=O) groups is 2. The molecule has 1 unspecified atom stereocenters. The molecule has 2 aromatic carbocycles. The molecule has 2 rings (SSSR count). The second-order valence-electron chi connectivity index (χ2n) is 5.40. The van der Waals surface area contributed by atoms with Crippen LogP contribution in [-0.2, 0) is 0 Å². The van der Waals surface area contributed by atoms with E-state index < -0.39 is 20.9 Å². The number of nitro groups is 1. The molecule has 142 valence electrons. The van der Waals surface area contributed by atoms with Crippen molar-refractivity contribution in [2.75, 3.05) is 0 Å². The Kier molecular flexibility index (Phi) is 6.64. The van der Waals surface area contributed by atoms with Gasteiger partial charge in [0.25, 0.3) is 11.6 Å². The van der Waals surface area contributed by atoms with Crippen LogP contribution in [0, 0.1) is 10.1 Å². The molecule has 0 fully saturated rings. The Morgan fingerprint density at radius 1 is 1.11 bits per heavy atom.